The number of anilines is 3. The van der Waals surface area contributed by atoms with Crippen molar-refractivity contribution in [2.24, 2.45) is 0 Å². The normalized spacial score (nSPS) is 11.6. The van der Waals surface area contributed by atoms with Crippen molar-refractivity contribution in [1.82, 2.24) is 9.97 Å². The minimum Gasteiger partial charge on any atom is -0.477 e. The number of carboxylic acid groups (broad SMARTS) is 1. The van der Waals surface area contributed by atoms with Gasteiger partial charge in [0.15, 0.2) is 9.66 Å². The fraction of sp³-hybridized carbons (Fsp3) is 0.261. The van der Waals surface area contributed by atoms with Crippen LogP contribution in [-0.2, 0) is 17.6 Å². The third kappa shape index (κ3) is 9.36. The summed E-state index contributed by atoms with van der Waals surface area (Å²) in [5, 5.41) is 22.9. The predicted octanol–water partition coefficient (Wildman–Crippen LogP) is 14.6. The van der Waals surface area contributed by atoms with Gasteiger partial charge in [-0.25, -0.2) is 14.8 Å². The molecule has 0 radical (unpaired) electrons. The molecule has 0 saturated heterocycles. The second-order valence-corrected chi connectivity index (χ2v) is 17.8. The number of carbonyl (C=O) groups is 1. The third-order valence-corrected chi connectivity index (χ3v) is 14.3. The molecule has 0 bridgehead atoms. The van der Waals surface area contributed by atoms with E-state index in [-0.39, 0.29) is 5.57 Å². The van der Waals surface area contributed by atoms with Crippen LogP contribution in [0.1, 0.15) is 81.9 Å². The zero-order chi connectivity index (χ0) is 38.9. The lowest BCUT2D eigenvalue weighted by molar-refractivity contribution is -0.132. The maximum absolute atomic E-state index is 11.4. The third-order valence-electron chi connectivity index (χ3n) is 9.69. The summed E-state index contributed by atoms with van der Waals surface area (Å²) in [6.07, 6.45) is 13.5. The Hall–Kier alpha value is -4.92. The van der Waals surface area contributed by atoms with Crippen molar-refractivity contribution in [1.29, 1.82) is 5.26 Å². The van der Waals surface area contributed by atoms with E-state index in [1.165, 1.54) is 82.3 Å². The molecule has 0 aliphatic heterocycles. The Morgan fingerprint density at radius 2 is 1.34 bits per heavy atom. The predicted molar refractivity (Wildman–Crippen MR) is 239 cm³/mol. The standard InChI is InChI=1S/C46H44N4O2S4/c1-3-5-7-10-14-32-27-39(53-30-32)42-48-44-45(55-42)49-43(56-44)40-28-34(15-11-8-6-4-2)41(54-40)33-20-24-38(25-21-33)50(36-16-12-9-13-17-36)37-22-18-31(19-23-37)26-35(29-47)46(51)52/h9,12-13,16-28,30H,3-8,10-11,14-15H2,1-2H3,(H,51,52)/b35-26+. The van der Waals surface area contributed by atoms with Gasteiger partial charge in [0.2, 0.25) is 0 Å². The number of rotatable bonds is 18. The SMILES string of the molecule is CCCCCCc1csc(-c2nc3sc(-c4cc(CCCCCC)c(-c5ccc(N(c6ccccc6)c6ccc(/C=C(\C#N)C(=O)O)cc6)cc5)s4)nc3s2)c1. The molecule has 56 heavy (non-hydrogen) atoms. The topological polar surface area (TPSA) is 90.1 Å². The summed E-state index contributed by atoms with van der Waals surface area (Å²) in [5.74, 6) is -1.24. The summed E-state index contributed by atoms with van der Waals surface area (Å²) in [6, 6.07) is 33.0. The number of nitriles is 1. The van der Waals surface area contributed by atoms with Crippen LogP contribution in [0.4, 0.5) is 17.1 Å². The molecule has 284 valence electrons. The zero-order valence-electron chi connectivity index (χ0n) is 31.7. The van der Waals surface area contributed by atoms with E-state index in [1.807, 2.05) is 53.8 Å². The number of hydrogen-bond donors (Lipinski definition) is 1. The second kappa shape index (κ2) is 18.8. The van der Waals surface area contributed by atoms with E-state index in [9.17, 15) is 15.2 Å². The highest BCUT2D eigenvalue weighted by atomic mass is 32.1. The maximum Gasteiger partial charge on any atom is 0.346 e. The van der Waals surface area contributed by atoms with Crippen LogP contribution < -0.4 is 4.90 Å². The summed E-state index contributed by atoms with van der Waals surface area (Å²) in [5.41, 5.74) is 7.25. The van der Waals surface area contributed by atoms with Crippen LogP contribution in [0, 0.1) is 11.3 Å². The molecule has 0 saturated carbocycles. The molecule has 4 heterocycles. The van der Waals surface area contributed by atoms with E-state index in [1.54, 1.807) is 40.1 Å². The molecular weight excluding hydrogens is 769 g/mol. The Morgan fingerprint density at radius 1 is 0.732 bits per heavy atom. The molecule has 0 aliphatic rings. The number of fused-ring (bicyclic) bond motifs is 1. The molecule has 7 rings (SSSR count). The monoisotopic (exact) mass is 812 g/mol. The number of benzene rings is 3. The lowest BCUT2D eigenvalue weighted by atomic mass is 10.0. The van der Waals surface area contributed by atoms with Gasteiger partial charge < -0.3 is 10.0 Å². The second-order valence-electron chi connectivity index (χ2n) is 13.8. The molecule has 0 atom stereocenters. The van der Waals surface area contributed by atoms with E-state index in [4.69, 9.17) is 9.97 Å². The van der Waals surface area contributed by atoms with Gasteiger partial charge in [-0.15, -0.1) is 22.7 Å². The van der Waals surface area contributed by atoms with Crippen molar-refractivity contribution in [3.63, 3.8) is 0 Å². The van der Waals surface area contributed by atoms with Crippen molar-refractivity contribution in [2.45, 2.75) is 78.1 Å². The first-order valence-corrected chi connectivity index (χ1v) is 22.7. The van der Waals surface area contributed by atoms with Gasteiger partial charge in [-0.1, -0.05) is 118 Å². The van der Waals surface area contributed by atoms with Gasteiger partial charge in [0, 0.05) is 21.9 Å². The molecule has 4 aromatic heterocycles. The zero-order valence-corrected chi connectivity index (χ0v) is 34.9. The van der Waals surface area contributed by atoms with E-state index in [0.717, 1.165) is 56.0 Å². The number of carboxylic acids is 1. The molecule has 0 aliphatic carbocycles. The Labute approximate surface area is 345 Å². The minimum absolute atomic E-state index is 0.300. The fourth-order valence-corrected chi connectivity index (χ4v) is 11.1. The molecule has 0 amide bonds. The maximum atomic E-state index is 11.4. The first-order valence-electron chi connectivity index (χ1n) is 19.3. The van der Waals surface area contributed by atoms with E-state index in [2.05, 4.69) is 72.7 Å². The Balaban J connectivity index is 1.16. The molecule has 0 spiro atoms. The molecule has 10 heteroatoms. The largest absolute Gasteiger partial charge is 0.477 e. The molecule has 1 N–H and O–H groups in total. The van der Waals surface area contributed by atoms with Crippen LogP contribution in [0.15, 0.2) is 102 Å². The average molecular weight is 813 g/mol. The molecule has 0 fully saturated rings. The van der Waals surface area contributed by atoms with Gasteiger partial charge in [0.1, 0.15) is 21.7 Å². The Kier molecular flexibility index (Phi) is 13.2. The van der Waals surface area contributed by atoms with Gasteiger partial charge in [-0.05, 0) is 108 Å². The number of thiazole rings is 2. The number of thiophene rings is 2. The highest BCUT2D eigenvalue weighted by molar-refractivity contribution is 7.32. The lowest BCUT2D eigenvalue weighted by Gasteiger charge is -2.25. The number of aryl methyl sites for hydroxylation is 2. The Morgan fingerprint density at radius 3 is 1.96 bits per heavy atom. The van der Waals surface area contributed by atoms with Crippen LogP contribution >= 0.6 is 45.3 Å². The number of aromatic nitrogens is 2. The van der Waals surface area contributed by atoms with E-state index >= 15 is 0 Å². The van der Waals surface area contributed by atoms with Gasteiger partial charge >= 0.3 is 5.97 Å². The highest BCUT2D eigenvalue weighted by Gasteiger charge is 2.20. The summed E-state index contributed by atoms with van der Waals surface area (Å²) >= 11 is 7.02. The van der Waals surface area contributed by atoms with Crippen molar-refractivity contribution in [3.8, 4) is 36.3 Å². The van der Waals surface area contributed by atoms with Gasteiger partial charge in [0.05, 0.1) is 9.75 Å². The van der Waals surface area contributed by atoms with Crippen molar-refractivity contribution in [3.05, 3.63) is 119 Å². The quantitative estimate of drug-likeness (QED) is 0.0527. The fourth-order valence-electron chi connectivity index (χ4n) is 6.75. The van der Waals surface area contributed by atoms with Gasteiger partial charge in [-0.3, -0.25) is 0 Å². The first kappa shape index (κ1) is 39.3. The minimum atomic E-state index is -1.24. The Bertz CT molecular complexity index is 2420. The van der Waals surface area contributed by atoms with Gasteiger partial charge in [-0.2, -0.15) is 5.26 Å². The number of hydrogen-bond acceptors (Lipinski definition) is 9. The van der Waals surface area contributed by atoms with Crippen LogP contribution in [0.25, 0.3) is 45.9 Å². The van der Waals surface area contributed by atoms with E-state index < -0.39 is 5.97 Å². The van der Waals surface area contributed by atoms with Crippen LogP contribution in [0.2, 0.25) is 0 Å². The molecule has 3 aromatic carbocycles. The summed E-state index contributed by atoms with van der Waals surface area (Å²) in [4.78, 5) is 29.5. The molecular formula is C46H44N4O2S4. The van der Waals surface area contributed by atoms with Crippen LogP contribution in [0.3, 0.4) is 0 Å². The van der Waals surface area contributed by atoms with Crippen LogP contribution in [-0.4, -0.2) is 21.0 Å². The number of para-hydroxylation sites is 1. The van der Waals surface area contributed by atoms with Crippen LogP contribution in [0.5, 0.6) is 0 Å². The number of nitrogens with zero attached hydrogens (tertiary/aromatic N) is 4. The smallest absolute Gasteiger partial charge is 0.346 e. The van der Waals surface area contributed by atoms with Gasteiger partial charge in [0.25, 0.3) is 0 Å². The van der Waals surface area contributed by atoms with E-state index in [0.29, 0.717) is 5.56 Å². The van der Waals surface area contributed by atoms with Crippen molar-refractivity contribution >= 4 is 84.1 Å². The summed E-state index contributed by atoms with van der Waals surface area (Å²) in [6.45, 7) is 4.51. The number of aliphatic carboxylic acids is 1. The van der Waals surface area contributed by atoms with Crippen molar-refractivity contribution in [2.75, 3.05) is 4.90 Å². The molecule has 0 unspecified atom stereocenters. The molecule has 6 nitrogen and oxygen atoms in total. The summed E-state index contributed by atoms with van der Waals surface area (Å²) in [7, 11) is 0. The average Bonchev–Trinajstić information content (AvgIpc) is 4.03. The lowest BCUT2D eigenvalue weighted by Crippen LogP contribution is -2.09. The highest BCUT2D eigenvalue weighted by Crippen LogP contribution is 2.45. The number of unbranched alkanes of at least 4 members (excludes halogenated alkanes) is 6. The summed E-state index contributed by atoms with van der Waals surface area (Å²) < 4.78 is 0. The molecule has 7 aromatic rings. The first-order chi connectivity index (χ1) is 27.4. The van der Waals surface area contributed by atoms with Crippen molar-refractivity contribution < 1.29 is 9.90 Å².